The van der Waals surface area contributed by atoms with Crippen LogP contribution in [0.25, 0.3) is 0 Å². The molecule has 1 heterocycles. The van der Waals surface area contributed by atoms with Crippen molar-refractivity contribution in [3.05, 3.63) is 35.4 Å². The second-order valence-electron chi connectivity index (χ2n) is 5.97. The molecule has 1 aromatic rings. The predicted octanol–water partition coefficient (Wildman–Crippen LogP) is 2.53. The van der Waals surface area contributed by atoms with Crippen LogP contribution in [-0.2, 0) is 9.59 Å². The number of benzene rings is 1. The van der Waals surface area contributed by atoms with Crippen LogP contribution in [0.15, 0.2) is 18.2 Å². The lowest BCUT2D eigenvalue weighted by Crippen LogP contribution is -2.48. The minimum absolute atomic E-state index is 0.210. The monoisotopic (exact) mass is 309 g/mol. The van der Waals surface area contributed by atoms with Crippen molar-refractivity contribution in [1.29, 1.82) is 0 Å². The Labute approximate surface area is 126 Å². The smallest absolute Gasteiger partial charge is 0.326 e. The van der Waals surface area contributed by atoms with Crippen LogP contribution in [0.5, 0.6) is 0 Å². The van der Waals surface area contributed by atoms with Gasteiger partial charge in [0.05, 0.1) is 0 Å². The average Bonchev–Trinajstić information content (AvgIpc) is 3.29. The van der Waals surface area contributed by atoms with E-state index in [9.17, 15) is 23.5 Å². The quantitative estimate of drug-likeness (QED) is 0.933. The SMILES string of the molecule is O=C(O)C1CCCCN1C(=O)C1CC1c1cccc(F)c1F. The first-order chi connectivity index (χ1) is 10.5. The van der Waals surface area contributed by atoms with E-state index in [0.717, 1.165) is 18.9 Å². The van der Waals surface area contributed by atoms with Gasteiger partial charge in [-0.05, 0) is 43.2 Å². The number of aliphatic carboxylic acids is 1. The molecule has 1 aromatic carbocycles. The second-order valence-corrected chi connectivity index (χ2v) is 5.97. The van der Waals surface area contributed by atoms with Gasteiger partial charge in [0.1, 0.15) is 6.04 Å². The van der Waals surface area contributed by atoms with Crippen molar-refractivity contribution in [3.63, 3.8) is 0 Å². The molecule has 0 spiro atoms. The molecular formula is C16H17F2NO3. The van der Waals surface area contributed by atoms with Gasteiger partial charge in [0.2, 0.25) is 5.91 Å². The normalized spacial score (nSPS) is 27.5. The summed E-state index contributed by atoms with van der Waals surface area (Å²) in [4.78, 5) is 25.2. The zero-order valence-corrected chi connectivity index (χ0v) is 12.0. The Kier molecular flexibility index (Phi) is 3.85. The molecule has 6 heteroatoms. The van der Waals surface area contributed by atoms with Gasteiger partial charge in [0.15, 0.2) is 11.6 Å². The topological polar surface area (TPSA) is 57.6 Å². The summed E-state index contributed by atoms with van der Waals surface area (Å²) in [5, 5.41) is 9.22. The zero-order chi connectivity index (χ0) is 15.9. The maximum atomic E-state index is 13.8. The molecule has 1 aliphatic carbocycles. The molecule has 1 N–H and O–H groups in total. The first-order valence-electron chi connectivity index (χ1n) is 7.48. The molecule has 22 heavy (non-hydrogen) atoms. The highest BCUT2D eigenvalue weighted by molar-refractivity contribution is 5.87. The third kappa shape index (κ3) is 2.58. The summed E-state index contributed by atoms with van der Waals surface area (Å²) in [5.41, 5.74) is 0.210. The summed E-state index contributed by atoms with van der Waals surface area (Å²) >= 11 is 0. The van der Waals surface area contributed by atoms with Crippen LogP contribution in [0.2, 0.25) is 0 Å². The molecule has 0 bridgehead atoms. The summed E-state index contributed by atoms with van der Waals surface area (Å²) in [6, 6.07) is 3.17. The number of carboxylic acid groups (broad SMARTS) is 1. The Morgan fingerprint density at radius 2 is 2.00 bits per heavy atom. The van der Waals surface area contributed by atoms with Gasteiger partial charge in [0.25, 0.3) is 0 Å². The van der Waals surface area contributed by atoms with E-state index in [2.05, 4.69) is 0 Å². The highest BCUT2D eigenvalue weighted by Crippen LogP contribution is 2.50. The number of amides is 1. The van der Waals surface area contributed by atoms with Crippen LogP contribution >= 0.6 is 0 Å². The van der Waals surface area contributed by atoms with Crippen LogP contribution in [-0.4, -0.2) is 34.5 Å². The van der Waals surface area contributed by atoms with Crippen molar-refractivity contribution in [2.24, 2.45) is 5.92 Å². The van der Waals surface area contributed by atoms with Crippen molar-refractivity contribution in [1.82, 2.24) is 4.90 Å². The fourth-order valence-electron chi connectivity index (χ4n) is 3.28. The lowest BCUT2D eigenvalue weighted by molar-refractivity contribution is -0.152. The standard InChI is InChI=1S/C16H17F2NO3/c17-12-5-3-4-9(14(12)18)10-8-11(10)15(20)19-7-2-1-6-13(19)16(21)22/h3-5,10-11,13H,1-2,6-8H2,(H,21,22). The molecular weight excluding hydrogens is 292 g/mol. The van der Waals surface area contributed by atoms with Gasteiger partial charge in [-0.2, -0.15) is 0 Å². The highest BCUT2D eigenvalue weighted by atomic mass is 19.2. The number of hydrogen-bond donors (Lipinski definition) is 1. The number of piperidine rings is 1. The summed E-state index contributed by atoms with van der Waals surface area (Å²) in [5.74, 6) is -3.85. The van der Waals surface area contributed by atoms with Gasteiger partial charge in [-0.1, -0.05) is 12.1 Å². The van der Waals surface area contributed by atoms with Gasteiger partial charge < -0.3 is 10.0 Å². The molecule has 118 valence electrons. The molecule has 1 aliphatic heterocycles. The van der Waals surface area contributed by atoms with E-state index < -0.39 is 29.6 Å². The summed E-state index contributed by atoms with van der Waals surface area (Å²) in [7, 11) is 0. The number of carbonyl (C=O) groups is 2. The Hall–Kier alpha value is -1.98. The van der Waals surface area contributed by atoms with Gasteiger partial charge >= 0.3 is 5.97 Å². The number of likely N-dealkylation sites (tertiary alicyclic amines) is 1. The fourth-order valence-corrected chi connectivity index (χ4v) is 3.28. The van der Waals surface area contributed by atoms with E-state index in [4.69, 9.17) is 0 Å². The summed E-state index contributed by atoms with van der Waals surface area (Å²) in [6.07, 6.45) is 2.46. The van der Waals surface area contributed by atoms with Gasteiger partial charge in [0, 0.05) is 12.5 Å². The van der Waals surface area contributed by atoms with Gasteiger partial charge in [-0.3, -0.25) is 4.79 Å². The summed E-state index contributed by atoms with van der Waals surface area (Å²) < 4.78 is 27.1. The minimum atomic E-state index is -0.998. The molecule has 2 aliphatic rings. The first-order valence-corrected chi connectivity index (χ1v) is 7.48. The Morgan fingerprint density at radius 3 is 2.73 bits per heavy atom. The number of halogens is 2. The van der Waals surface area contributed by atoms with Crippen LogP contribution in [0.1, 0.15) is 37.2 Å². The van der Waals surface area contributed by atoms with Crippen molar-refractivity contribution in [2.45, 2.75) is 37.6 Å². The number of hydrogen-bond acceptors (Lipinski definition) is 2. The molecule has 0 radical (unpaired) electrons. The molecule has 3 atom stereocenters. The van der Waals surface area contributed by atoms with Crippen LogP contribution < -0.4 is 0 Å². The average molecular weight is 309 g/mol. The predicted molar refractivity (Wildman–Crippen MR) is 74.2 cm³/mol. The third-order valence-electron chi connectivity index (χ3n) is 4.56. The van der Waals surface area contributed by atoms with E-state index in [0.29, 0.717) is 19.4 Å². The maximum absolute atomic E-state index is 13.8. The largest absolute Gasteiger partial charge is 0.480 e. The second kappa shape index (κ2) is 5.66. The first kappa shape index (κ1) is 14.9. The van der Waals surface area contributed by atoms with Gasteiger partial charge in [-0.25, -0.2) is 13.6 Å². The Balaban J connectivity index is 1.74. The van der Waals surface area contributed by atoms with Gasteiger partial charge in [-0.15, -0.1) is 0 Å². The number of carboxylic acids is 1. The van der Waals surface area contributed by atoms with Crippen molar-refractivity contribution >= 4 is 11.9 Å². The van der Waals surface area contributed by atoms with E-state index in [-0.39, 0.29) is 17.4 Å². The molecule has 3 unspecified atom stereocenters. The van der Waals surface area contributed by atoms with Crippen molar-refractivity contribution < 1.29 is 23.5 Å². The number of carbonyl (C=O) groups excluding carboxylic acids is 1. The highest BCUT2D eigenvalue weighted by Gasteiger charge is 2.49. The molecule has 1 saturated heterocycles. The molecule has 1 saturated carbocycles. The van der Waals surface area contributed by atoms with E-state index in [1.54, 1.807) is 0 Å². The molecule has 2 fully saturated rings. The van der Waals surface area contributed by atoms with E-state index in [1.165, 1.54) is 17.0 Å². The van der Waals surface area contributed by atoms with Crippen LogP contribution in [0, 0.1) is 17.6 Å². The number of nitrogens with zero attached hydrogens (tertiary/aromatic N) is 1. The molecule has 1 amide bonds. The summed E-state index contributed by atoms with van der Waals surface area (Å²) in [6.45, 7) is 0.421. The zero-order valence-electron chi connectivity index (χ0n) is 12.0. The van der Waals surface area contributed by atoms with E-state index >= 15 is 0 Å². The fraction of sp³-hybridized carbons (Fsp3) is 0.500. The van der Waals surface area contributed by atoms with Crippen molar-refractivity contribution in [2.75, 3.05) is 6.54 Å². The third-order valence-corrected chi connectivity index (χ3v) is 4.56. The molecule has 4 nitrogen and oxygen atoms in total. The number of rotatable bonds is 3. The lowest BCUT2D eigenvalue weighted by atomic mass is 10.0. The minimum Gasteiger partial charge on any atom is -0.480 e. The Morgan fingerprint density at radius 1 is 1.23 bits per heavy atom. The molecule has 3 rings (SSSR count). The Bertz CT molecular complexity index is 619. The molecule has 0 aromatic heterocycles. The van der Waals surface area contributed by atoms with Crippen LogP contribution in [0.3, 0.4) is 0 Å². The van der Waals surface area contributed by atoms with Crippen LogP contribution in [0.4, 0.5) is 8.78 Å². The maximum Gasteiger partial charge on any atom is 0.326 e. The lowest BCUT2D eigenvalue weighted by Gasteiger charge is -2.33. The van der Waals surface area contributed by atoms with Crippen molar-refractivity contribution in [3.8, 4) is 0 Å². The van der Waals surface area contributed by atoms with E-state index in [1.807, 2.05) is 0 Å².